The van der Waals surface area contributed by atoms with Gasteiger partial charge >= 0.3 is 0 Å². The van der Waals surface area contributed by atoms with Crippen molar-refractivity contribution in [2.24, 2.45) is 5.73 Å². The summed E-state index contributed by atoms with van der Waals surface area (Å²) in [6.07, 6.45) is 0. The number of aliphatic hydroxyl groups is 2. The fraction of sp³-hybridized carbons (Fsp3) is 0.400. The Balaban J connectivity index is 3.20. The monoisotopic (exact) mass is 259 g/mol. The van der Waals surface area contributed by atoms with Gasteiger partial charge in [-0.2, -0.15) is 0 Å². The molecule has 0 aromatic heterocycles. The lowest BCUT2D eigenvalue weighted by Gasteiger charge is -2.25. The van der Waals surface area contributed by atoms with Crippen molar-refractivity contribution in [1.29, 1.82) is 0 Å². The molecule has 0 saturated heterocycles. The van der Waals surface area contributed by atoms with Gasteiger partial charge in [0.2, 0.25) is 0 Å². The van der Waals surface area contributed by atoms with Crippen molar-refractivity contribution in [3.05, 3.63) is 33.8 Å². The molecule has 0 saturated carbocycles. The fourth-order valence-corrected chi connectivity index (χ4v) is 1.74. The quantitative estimate of drug-likeness (QED) is 0.762. The molecule has 0 bridgehead atoms. The maximum atomic E-state index is 9.14. The van der Waals surface area contributed by atoms with Crippen molar-refractivity contribution in [1.82, 2.24) is 0 Å². The Labute approximate surface area is 91.7 Å². The summed E-state index contributed by atoms with van der Waals surface area (Å²) < 4.78 is 0.888. The predicted octanol–water partition coefficient (Wildman–Crippen LogP) is 1.11. The highest BCUT2D eigenvalue weighted by atomic mass is 79.9. The van der Waals surface area contributed by atoms with Crippen molar-refractivity contribution in [3.8, 4) is 0 Å². The van der Waals surface area contributed by atoms with Gasteiger partial charge in [-0.1, -0.05) is 22.0 Å². The van der Waals surface area contributed by atoms with Gasteiger partial charge in [0.05, 0.1) is 18.8 Å². The highest BCUT2D eigenvalue weighted by Gasteiger charge is 2.22. The van der Waals surface area contributed by atoms with Crippen LogP contribution in [0, 0.1) is 0 Å². The Bertz CT molecular complexity index is 326. The summed E-state index contributed by atoms with van der Waals surface area (Å²) in [6.45, 7) is 1.50. The van der Waals surface area contributed by atoms with Gasteiger partial charge in [0.15, 0.2) is 0 Å². The van der Waals surface area contributed by atoms with Gasteiger partial charge < -0.3 is 15.9 Å². The zero-order chi connectivity index (χ0) is 10.8. The molecule has 78 valence electrons. The van der Waals surface area contributed by atoms with Gasteiger partial charge in [-0.25, -0.2) is 0 Å². The molecule has 0 unspecified atom stereocenters. The van der Waals surface area contributed by atoms with Gasteiger partial charge in [0.25, 0.3) is 0 Å². The lowest BCUT2D eigenvalue weighted by molar-refractivity contribution is 0.205. The summed E-state index contributed by atoms with van der Waals surface area (Å²) in [4.78, 5) is 0. The Morgan fingerprint density at radius 2 is 2.07 bits per heavy atom. The van der Waals surface area contributed by atoms with Crippen LogP contribution < -0.4 is 5.73 Å². The number of hydrogen-bond donors (Lipinski definition) is 3. The molecule has 1 aromatic carbocycles. The Hall–Kier alpha value is -0.420. The molecule has 0 spiro atoms. The first-order valence-electron chi connectivity index (χ1n) is 4.31. The predicted molar refractivity (Wildman–Crippen MR) is 58.7 cm³/mol. The average molecular weight is 260 g/mol. The molecule has 1 aromatic rings. The van der Waals surface area contributed by atoms with Crippen LogP contribution in [0.4, 0.5) is 0 Å². The second kappa shape index (κ2) is 4.40. The Morgan fingerprint density at radius 3 is 2.57 bits per heavy atom. The van der Waals surface area contributed by atoms with Crippen molar-refractivity contribution in [3.63, 3.8) is 0 Å². The maximum absolute atomic E-state index is 9.14. The van der Waals surface area contributed by atoms with E-state index in [9.17, 15) is 0 Å². The normalized spacial score (nSPS) is 15.2. The summed E-state index contributed by atoms with van der Waals surface area (Å²) in [5.41, 5.74) is 6.58. The minimum absolute atomic E-state index is 0.0818. The molecule has 4 N–H and O–H groups in total. The molecule has 0 aliphatic carbocycles. The van der Waals surface area contributed by atoms with E-state index in [-0.39, 0.29) is 13.2 Å². The van der Waals surface area contributed by atoms with Crippen molar-refractivity contribution in [2.45, 2.75) is 19.1 Å². The van der Waals surface area contributed by atoms with E-state index >= 15 is 0 Å². The zero-order valence-corrected chi connectivity index (χ0v) is 9.58. The number of rotatable bonds is 3. The van der Waals surface area contributed by atoms with Crippen molar-refractivity contribution >= 4 is 15.9 Å². The van der Waals surface area contributed by atoms with Gasteiger partial charge in [-0.05, 0) is 30.2 Å². The molecular formula is C10H14BrNO2. The van der Waals surface area contributed by atoms with Crippen molar-refractivity contribution < 1.29 is 10.2 Å². The molecular weight excluding hydrogens is 246 g/mol. The molecule has 1 rings (SSSR count). The second-order valence-electron chi connectivity index (χ2n) is 3.54. The first-order valence-corrected chi connectivity index (χ1v) is 5.10. The van der Waals surface area contributed by atoms with Crippen LogP contribution in [0.1, 0.15) is 18.1 Å². The van der Waals surface area contributed by atoms with E-state index in [1.807, 2.05) is 12.1 Å². The van der Waals surface area contributed by atoms with E-state index in [1.54, 1.807) is 13.0 Å². The van der Waals surface area contributed by atoms with Gasteiger partial charge in [-0.15, -0.1) is 0 Å². The molecule has 0 amide bonds. The van der Waals surface area contributed by atoms with Crippen LogP contribution in [0.15, 0.2) is 22.7 Å². The number of nitrogens with two attached hydrogens (primary N) is 1. The van der Waals surface area contributed by atoms with Crippen molar-refractivity contribution in [2.75, 3.05) is 6.61 Å². The molecule has 0 aliphatic heterocycles. The summed E-state index contributed by atoms with van der Waals surface area (Å²) in [7, 11) is 0. The lowest BCUT2D eigenvalue weighted by Crippen LogP contribution is -2.37. The van der Waals surface area contributed by atoms with Gasteiger partial charge in [-0.3, -0.25) is 0 Å². The molecule has 0 fully saturated rings. The van der Waals surface area contributed by atoms with Gasteiger partial charge in [0, 0.05) is 4.47 Å². The zero-order valence-electron chi connectivity index (χ0n) is 8.00. The summed E-state index contributed by atoms with van der Waals surface area (Å²) >= 11 is 3.31. The first-order chi connectivity index (χ1) is 6.51. The topological polar surface area (TPSA) is 66.5 Å². The van der Waals surface area contributed by atoms with Crippen LogP contribution in [-0.2, 0) is 12.1 Å². The molecule has 4 heteroatoms. The smallest absolute Gasteiger partial charge is 0.0685 e. The minimum atomic E-state index is -0.807. The largest absolute Gasteiger partial charge is 0.394 e. The van der Waals surface area contributed by atoms with Crippen LogP contribution in [-0.4, -0.2) is 16.8 Å². The maximum Gasteiger partial charge on any atom is 0.0685 e. The first kappa shape index (κ1) is 11.7. The number of benzene rings is 1. The highest BCUT2D eigenvalue weighted by Crippen LogP contribution is 2.24. The Kier molecular flexibility index (Phi) is 3.66. The van der Waals surface area contributed by atoms with E-state index in [4.69, 9.17) is 15.9 Å². The van der Waals surface area contributed by atoms with E-state index in [0.717, 1.165) is 15.6 Å². The van der Waals surface area contributed by atoms with E-state index in [1.165, 1.54) is 0 Å². The summed E-state index contributed by atoms with van der Waals surface area (Å²) in [5.74, 6) is 0. The third-order valence-corrected chi connectivity index (χ3v) is 2.67. The van der Waals surface area contributed by atoms with E-state index in [0.29, 0.717) is 0 Å². The summed E-state index contributed by atoms with van der Waals surface area (Å²) in [5, 5.41) is 18.3. The third kappa shape index (κ3) is 2.33. The summed E-state index contributed by atoms with van der Waals surface area (Å²) in [6, 6.07) is 5.46. The van der Waals surface area contributed by atoms with E-state index < -0.39 is 5.54 Å². The van der Waals surface area contributed by atoms with Gasteiger partial charge in [0.1, 0.15) is 0 Å². The third-order valence-electron chi connectivity index (χ3n) is 2.18. The van der Waals surface area contributed by atoms with Crippen LogP contribution >= 0.6 is 15.9 Å². The number of hydrogen-bond acceptors (Lipinski definition) is 3. The Morgan fingerprint density at radius 1 is 1.43 bits per heavy atom. The van der Waals surface area contributed by atoms with Crippen LogP contribution in [0.5, 0.6) is 0 Å². The van der Waals surface area contributed by atoms with Crippen LogP contribution in [0.25, 0.3) is 0 Å². The fourth-order valence-electron chi connectivity index (χ4n) is 1.34. The van der Waals surface area contributed by atoms with Crippen LogP contribution in [0.2, 0.25) is 0 Å². The van der Waals surface area contributed by atoms with E-state index in [2.05, 4.69) is 15.9 Å². The molecule has 0 aliphatic rings. The molecule has 1 atom stereocenters. The molecule has 14 heavy (non-hydrogen) atoms. The molecule has 0 heterocycles. The minimum Gasteiger partial charge on any atom is -0.394 e. The SMILES string of the molecule is C[C@](N)(CO)c1ccc(Br)cc1CO. The molecule has 0 radical (unpaired) electrons. The number of halogens is 1. The highest BCUT2D eigenvalue weighted by molar-refractivity contribution is 9.10. The second-order valence-corrected chi connectivity index (χ2v) is 4.45. The number of aliphatic hydroxyl groups excluding tert-OH is 2. The average Bonchev–Trinajstić information content (AvgIpc) is 2.17. The van der Waals surface area contributed by atoms with Crippen LogP contribution in [0.3, 0.4) is 0 Å². The standard InChI is InChI=1S/C10H14BrNO2/c1-10(12,6-14)9-3-2-8(11)4-7(9)5-13/h2-4,13-14H,5-6,12H2,1H3/t10-/m0/s1. The molecule has 3 nitrogen and oxygen atoms in total. The lowest BCUT2D eigenvalue weighted by atomic mass is 9.90.